The molecule has 0 aliphatic carbocycles. The van der Waals surface area contributed by atoms with Crippen LogP contribution in [0, 0.1) is 12.8 Å². The summed E-state index contributed by atoms with van der Waals surface area (Å²) in [4.78, 5) is 46.9. The largest absolute Gasteiger partial charge is 0.326 e. The van der Waals surface area contributed by atoms with Crippen LogP contribution in [0.4, 0.5) is 0 Å². The van der Waals surface area contributed by atoms with Gasteiger partial charge in [0.2, 0.25) is 5.78 Å². The maximum Gasteiger partial charge on any atom is 0.291 e. The summed E-state index contributed by atoms with van der Waals surface area (Å²) in [6.45, 7) is 8.81. The Morgan fingerprint density at radius 3 is 2.38 bits per heavy atom. The van der Waals surface area contributed by atoms with Gasteiger partial charge in [0.15, 0.2) is 5.78 Å². The summed E-state index contributed by atoms with van der Waals surface area (Å²) in [5.74, 6) is -2.59. The number of aryl methyl sites for hydroxylation is 1. The number of ketones is 2. The van der Waals surface area contributed by atoms with Crippen LogP contribution in [0.5, 0.6) is 0 Å². The molecule has 29 heavy (non-hydrogen) atoms. The van der Waals surface area contributed by atoms with E-state index in [1.807, 2.05) is 25.1 Å². The number of likely N-dealkylation sites (N-methyl/N-ethyl adjacent to an activating group) is 1. The highest BCUT2D eigenvalue weighted by Gasteiger charge is 2.51. The lowest BCUT2D eigenvalue weighted by Crippen LogP contribution is -2.38. The molecule has 0 spiro atoms. The highest BCUT2D eigenvalue weighted by Crippen LogP contribution is 2.37. The van der Waals surface area contributed by atoms with E-state index in [9.17, 15) is 14.4 Å². The van der Waals surface area contributed by atoms with Crippen molar-refractivity contribution in [1.29, 1.82) is 0 Å². The van der Waals surface area contributed by atoms with Crippen LogP contribution in [0.3, 0.4) is 0 Å². The smallest absolute Gasteiger partial charge is 0.291 e. The average Bonchev–Trinajstić information content (AvgIpc) is 3.00. The molecular weight excluding hydrogens is 366 g/mol. The fourth-order valence-corrected chi connectivity index (χ4v) is 3.84. The summed E-state index contributed by atoms with van der Waals surface area (Å²) in [7, 11) is 0. The molecule has 152 valence electrons. The lowest BCUT2D eigenvalue weighted by molar-refractivity contribution is -0.140. The Kier molecular flexibility index (Phi) is 6.54. The Morgan fingerprint density at radius 1 is 1.10 bits per heavy atom. The van der Waals surface area contributed by atoms with E-state index in [0.717, 1.165) is 18.7 Å². The lowest BCUT2D eigenvalue weighted by atomic mass is 9.86. The SMILES string of the molecule is CCN(CC)CCN1C(=O)C(=O)C(C(=O)c2ccc(C)cc2)C1c1cccnc1. The van der Waals surface area contributed by atoms with Crippen molar-refractivity contribution in [2.24, 2.45) is 5.92 Å². The van der Waals surface area contributed by atoms with Crippen molar-refractivity contribution < 1.29 is 14.4 Å². The second-order valence-corrected chi connectivity index (χ2v) is 7.33. The van der Waals surface area contributed by atoms with E-state index in [2.05, 4.69) is 23.7 Å². The molecule has 1 aliphatic heterocycles. The number of benzene rings is 1. The minimum Gasteiger partial charge on any atom is -0.326 e. The van der Waals surface area contributed by atoms with Crippen molar-refractivity contribution in [2.75, 3.05) is 26.2 Å². The molecule has 1 aromatic carbocycles. The molecule has 2 atom stereocenters. The number of pyridine rings is 1. The van der Waals surface area contributed by atoms with Crippen LogP contribution in [0.1, 0.15) is 41.4 Å². The van der Waals surface area contributed by atoms with Gasteiger partial charge < -0.3 is 9.80 Å². The number of hydrogen-bond acceptors (Lipinski definition) is 5. The highest BCUT2D eigenvalue weighted by molar-refractivity contribution is 6.44. The molecule has 2 aromatic rings. The summed E-state index contributed by atoms with van der Waals surface area (Å²) >= 11 is 0. The first kappa shape index (κ1) is 20.9. The minimum atomic E-state index is -1.05. The molecule has 0 saturated carbocycles. The zero-order valence-electron chi connectivity index (χ0n) is 17.2. The molecule has 6 nitrogen and oxygen atoms in total. The third kappa shape index (κ3) is 4.27. The molecule has 0 bridgehead atoms. The normalized spacial score (nSPS) is 19.2. The molecule has 2 unspecified atom stereocenters. The fourth-order valence-electron chi connectivity index (χ4n) is 3.84. The van der Waals surface area contributed by atoms with Crippen LogP contribution in [0.25, 0.3) is 0 Å². The number of rotatable bonds is 8. The van der Waals surface area contributed by atoms with E-state index in [1.54, 1.807) is 35.5 Å². The molecule has 0 radical (unpaired) electrons. The van der Waals surface area contributed by atoms with Crippen molar-refractivity contribution in [3.8, 4) is 0 Å². The monoisotopic (exact) mass is 393 g/mol. The van der Waals surface area contributed by atoms with Crippen molar-refractivity contribution in [2.45, 2.75) is 26.8 Å². The Hall–Kier alpha value is -2.86. The van der Waals surface area contributed by atoms with Gasteiger partial charge in [-0.05, 0) is 31.6 Å². The van der Waals surface area contributed by atoms with Crippen molar-refractivity contribution >= 4 is 17.5 Å². The first-order valence-corrected chi connectivity index (χ1v) is 10.1. The third-order valence-electron chi connectivity index (χ3n) is 5.60. The van der Waals surface area contributed by atoms with E-state index in [4.69, 9.17) is 0 Å². The molecule has 3 rings (SSSR count). The van der Waals surface area contributed by atoms with Crippen LogP contribution in [-0.2, 0) is 9.59 Å². The van der Waals surface area contributed by atoms with Crippen LogP contribution >= 0.6 is 0 Å². The molecule has 1 saturated heterocycles. The van der Waals surface area contributed by atoms with Gasteiger partial charge in [0.1, 0.15) is 5.92 Å². The van der Waals surface area contributed by atoms with Gasteiger partial charge >= 0.3 is 0 Å². The van der Waals surface area contributed by atoms with Gasteiger partial charge in [-0.3, -0.25) is 19.4 Å². The predicted molar refractivity (Wildman–Crippen MR) is 110 cm³/mol. The fraction of sp³-hybridized carbons (Fsp3) is 0.391. The van der Waals surface area contributed by atoms with E-state index in [1.165, 1.54) is 0 Å². The van der Waals surface area contributed by atoms with Gasteiger partial charge in [0, 0.05) is 31.0 Å². The van der Waals surface area contributed by atoms with Gasteiger partial charge in [0.25, 0.3) is 5.91 Å². The highest BCUT2D eigenvalue weighted by atomic mass is 16.2. The van der Waals surface area contributed by atoms with E-state index < -0.39 is 23.7 Å². The van der Waals surface area contributed by atoms with Crippen LogP contribution in [-0.4, -0.2) is 58.4 Å². The summed E-state index contributed by atoms with van der Waals surface area (Å²) in [5, 5.41) is 0. The topological polar surface area (TPSA) is 70.6 Å². The Morgan fingerprint density at radius 2 is 1.79 bits per heavy atom. The molecule has 6 heteroatoms. The minimum absolute atomic E-state index is 0.317. The molecule has 1 amide bonds. The number of amides is 1. The molecular formula is C23H27N3O3. The predicted octanol–water partition coefficient (Wildman–Crippen LogP) is 2.68. The third-order valence-corrected chi connectivity index (χ3v) is 5.60. The average molecular weight is 393 g/mol. The lowest BCUT2D eigenvalue weighted by Gasteiger charge is -2.29. The molecule has 1 aliphatic rings. The number of aromatic nitrogens is 1. The maximum absolute atomic E-state index is 13.3. The van der Waals surface area contributed by atoms with Crippen LogP contribution in [0.2, 0.25) is 0 Å². The zero-order valence-corrected chi connectivity index (χ0v) is 17.2. The number of carbonyl (C=O) groups excluding carboxylic acids is 3. The standard InChI is InChI=1S/C23H27N3O3/c1-4-25(5-2)13-14-26-20(18-7-6-12-24-15-18)19(22(28)23(26)29)21(27)17-10-8-16(3)9-11-17/h6-12,15,19-20H,4-5,13-14H2,1-3H3. The van der Waals surface area contributed by atoms with E-state index in [0.29, 0.717) is 24.2 Å². The second kappa shape index (κ2) is 9.09. The van der Waals surface area contributed by atoms with Gasteiger partial charge in [-0.2, -0.15) is 0 Å². The summed E-state index contributed by atoms with van der Waals surface area (Å²) in [6.07, 6.45) is 3.27. The van der Waals surface area contributed by atoms with Gasteiger partial charge in [0.05, 0.1) is 6.04 Å². The molecule has 1 aromatic heterocycles. The Balaban J connectivity index is 1.97. The number of carbonyl (C=O) groups is 3. The van der Waals surface area contributed by atoms with Gasteiger partial charge in [-0.1, -0.05) is 49.7 Å². The Bertz CT molecular complexity index is 876. The summed E-state index contributed by atoms with van der Waals surface area (Å²) < 4.78 is 0. The van der Waals surface area contributed by atoms with E-state index in [-0.39, 0.29) is 5.78 Å². The van der Waals surface area contributed by atoms with Crippen LogP contribution in [0.15, 0.2) is 48.8 Å². The molecule has 0 N–H and O–H groups in total. The summed E-state index contributed by atoms with van der Waals surface area (Å²) in [6, 6.07) is 10.1. The molecule has 1 fully saturated rings. The number of hydrogen-bond donors (Lipinski definition) is 0. The zero-order chi connectivity index (χ0) is 21.0. The van der Waals surface area contributed by atoms with Crippen LogP contribution < -0.4 is 0 Å². The van der Waals surface area contributed by atoms with Gasteiger partial charge in [-0.25, -0.2) is 0 Å². The number of likely N-dealkylation sites (tertiary alicyclic amines) is 1. The second-order valence-electron chi connectivity index (χ2n) is 7.33. The van der Waals surface area contributed by atoms with E-state index >= 15 is 0 Å². The summed E-state index contributed by atoms with van der Waals surface area (Å²) in [5.41, 5.74) is 2.18. The quantitative estimate of drug-likeness (QED) is 0.392. The van der Waals surface area contributed by atoms with Crippen molar-refractivity contribution in [3.63, 3.8) is 0 Å². The number of Topliss-reactive ketones (excluding diaryl/α,β-unsaturated/α-hetero) is 2. The van der Waals surface area contributed by atoms with Crippen molar-refractivity contribution in [3.05, 3.63) is 65.5 Å². The Labute approximate surface area is 171 Å². The first-order valence-electron chi connectivity index (χ1n) is 10.1. The van der Waals surface area contributed by atoms with Gasteiger partial charge in [-0.15, -0.1) is 0 Å². The molecule has 2 heterocycles. The first-order chi connectivity index (χ1) is 14.0. The maximum atomic E-state index is 13.3. The number of nitrogens with zero attached hydrogens (tertiary/aromatic N) is 3. The van der Waals surface area contributed by atoms with Crippen molar-refractivity contribution in [1.82, 2.24) is 14.8 Å².